The van der Waals surface area contributed by atoms with Gasteiger partial charge in [0.1, 0.15) is 22.9 Å². The lowest BCUT2D eigenvalue weighted by molar-refractivity contribution is 0.103. The molecule has 3 aromatic rings. The zero-order valence-corrected chi connectivity index (χ0v) is 12.0. The van der Waals surface area contributed by atoms with Crippen LogP contribution in [0.5, 0.6) is 11.5 Å². The van der Waals surface area contributed by atoms with Gasteiger partial charge in [0.25, 0.3) is 0 Å². The third kappa shape index (κ3) is 1.49. The fourth-order valence-electron chi connectivity index (χ4n) is 2.81. The molecule has 1 aliphatic carbocycles. The van der Waals surface area contributed by atoms with Gasteiger partial charge in [-0.1, -0.05) is 0 Å². The first-order valence-electron chi connectivity index (χ1n) is 6.66. The minimum absolute atomic E-state index is 0.215. The Morgan fingerprint density at radius 2 is 1.59 bits per heavy atom. The lowest BCUT2D eigenvalue weighted by Gasteiger charge is -2.19. The van der Waals surface area contributed by atoms with Gasteiger partial charge in [0.05, 0.1) is 31.7 Å². The molecular formula is C16H11N3O3. The normalized spacial score (nSPS) is 12.2. The Bertz CT molecular complexity index is 937. The maximum absolute atomic E-state index is 12.8. The minimum Gasteiger partial charge on any atom is -0.496 e. The van der Waals surface area contributed by atoms with Crippen molar-refractivity contribution in [3.63, 3.8) is 0 Å². The zero-order valence-electron chi connectivity index (χ0n) is 12.0. The summed E-state index contributed by atoms with van der Waals surface area (Å²) in [5.74, 6) is 0.853. The number of hydrogen-bond donors (Lipinski definition) is 0. The number of pyridine rings is 3. The second-order valence-corrected chi connectivity index (χ2v) is 4.82. The molecule has 0 unspecified atom stereocenters. The molecule has 6 heteroatoms. The van der Waals surface area contributed by atoms with E-state index >= 15 is 0 Å². The second kappa shape index (κ2) is 4.49. The number of ketones is 1. The fourth-order valence-corrected chi connectivity index (χ4v) is 2.81. The third-order valence-electron chi connectivity index (χ3n) is 3.78. The SMILES string of the molecule is COc1ccnc2c1C(=O)c1ncc(OC)c3ccnc-2c13. The molecule has 22 heavy (non-hydrogen) atoms. The number of fused-ring (bicyclic) bond motifs is 2. The summed E-state index contributed by atoms with van der Waals surface area (Å²) in [5.41, 5.74) is 1.87. The van der Waals surface area contributed by atoms with Gasteiger partial charge in [-0.3, -0.25) is 14.8 Å². The Morgan fingerprint density at radius 1 is 0.864 bits per heavy atom. The van der Waals surface area contributed by atoms with Crippen LogP contribution in [-0.4, -0.2) is 35.0 Å². The first kappa shape index (κ1) is 12.7. The van der Waals surface area contributed by atoms with Gasteiger partial charge >= 0.3 is 0 Å². The minimum atomic E-state index is -0.215. The number of aromatic nitrogens is 3. The molecule has 0 amide bonds. The first-order valence-corrected chi connectivity index (χ1v) is 6.66. The van der Waals surface area contributed by atoms with E-state index in [4.69, 9.17) is 9.47 Å². The molecule has 0 fully saturated rings. The van der Waals surface area contributed by atoms with Crippen LogP contribution in [0.15, 0.2) is 30.7 Å². The highest BCUT2D eigenvalue weighted by Gasteiger charge is 2.32. The summed E-state index contributed by atoms with van der Waals surface area (Å²) in [6, 6.07) is 3.46. The smallest absolute Gasteiger partial charge is 0.218 e. The number of ether oxygens (including phenoxy) is 2. The quantitative estimate of drug-likeness (QED) is 0.564. The monoisotopic (exact) mass is 293 g/mol. The van der Waals surface area contributed by atoms with Gasteiger partial charge in [-0.2, -0.15) is 0 Å². The average molecular weight is 293 g/mol. The van der Waals surface area contributed by atoms with Gasteiger partial charge in [0.15, 0.2) is 0 Å². The van der Waals surface area contributed by atoms with Gasteiger partial charge in [0, 0.05) is 23.2 Å². The lowest BCUT2D eigenvalue weighted by Crippen LogP contribution is -2.15. The number of rotatable bonds is 2. The van der Waals surface area contributed by atoms with Crippen molar-refractivity contribution in [2.45, 2.75) is 0 Å². The Labute approximate surface area is 125 Å². The summed E-state index contributed by atoms with van der Waals surface area (Å²) in [6.45, 7) is 0. The van der Waals surface area contributed by atoms with E-state index in [9.17, 15) is 4.79 Å². The van der Waals surface area contributed by atoms with E-state index < -0.39 is 0 Å². The van der Waals surface area contributed by atoms with Crippen LogP contribution in [0.2, 0.25) is 0 Å². The van der Waals surface area contributed by atoms with E-state index in [1.54, 1.807) is 37.8 Å². The number of carbonyl (C=O) groups excluding carboxylic acids is 1. The first-order chi connectivity index (χ1) is 10.8. The summed E-state index contributed by atoms with van der Waals surface area (Å²) < 4.78 is 10.6. The summed E-state index contributed by atoms with van der Waals surface area (Å²) in [7, 11) is 3.09. The number of nitrogens with zero attached hydrogens (tertiary/aromatic N) is 3. The number of carbonyl (C=O) groups is 1. The molecule has 0 bridgehead atoms. The fraction of sp³-hybridized carbons (Fsp3) is 0.125. The molecule has 4 rings (SSSR count). The van der Waals surface area contributed by atoms with Gasteiger partial charge in [-0.05, 0) is 12.1 Å². The summed E-state index contributed by atoms with van der Waals surface area (Å²) >= 11 is 0. The van der Waals surface area contributed by atoms with Crippen LogP contribution in [0.25, 0.3) is 22.2 Å². The third-order valence-corrected chi connectivity index (χ3v) is 3.78. The number of hydrogen-bond acceptors (Lipinski definition) is 6. The molecule has 0 saturated heterocycles. The topological polar surface area (TPSA) is 74.2 Å². The number of methoxy groups -OCH3 is 2. The van der Waals surface area contributed by atoms with E-state index in [1.165, 1.54) is 7.11 Å². The molecule has 3 aromatic heterocycles. The van der Waals surface area contributed by atoms with Crippen molar-refractivity contribution < 1.29 is 14.3 Å². The van der Waals surface area contributed by atoms with E-state index in [2.05, 4.69) is 15.0 Å². The maximum atomic E-state index is 12.8. The molecule has 0 spiro atoms. The van der Waals surface area contributed by atoms with Crippen molar-refractivity contribution in [2.75, 3.05) is 14.2 Å². The van der Waals surface area contributed by atoms with Crippen molar-refractivity contribution in [1.29, 1.82) is 0 Å². The molecule has 6 nitrogen and oxygen atoms in total. The Balaban J connectivity index is 2.19. The standard InChI is InChI=1S/C16H11N3O3/c1-21-9-4-6-18-14-12(9)16(20)15-11-8(3-5-17-13(11)14)10(22-2)7-19-15/h3-7H,1-2H3. The molecule has 1 aliphatic rings. The van der Waals surface area contributed by atoms with Gasteiger partial charge in [-0.25, -0.2) is 4.98 Å². The van der Waals surface area contributed by atoms with Crippen LogP contribution in [0.3, 0.4) is 0 Å². The zero-order chi connectivity index (χ0) is 15.3. The highest BCUT2D eigenvalue weighted by molar-refractivity contribution is 6.25. The molecule has 3 heterocycles. The molecule has 0 aromatic carbocycles. The Hall–Kier alpha value is -3.02. The van der Waals surface area contributed by atoms with Crippen molar-refractivity contribution in [1.82, 2.24) is 15.0 Å². The lowest BCUT2D eigenvalue weighted by atomic mass is 9.91. The second-order valence-electron chi connectivity index (χ2n) is 4.82. The molecule has 0 atom stereocenters. The van der Waals surface area contributed by atoms with E-state index in [1.807, 2.05) is 0 Å². The molecule has 0 N–H and O–H groups in total. The van der Waals surface area contributed by atoms with Gasteiger partial charge in [-0.15, -0.1) is 0 Å². The molecule has 0 aliphatic heterocycles. The molecule has 0 radical (unpaired) electrons. The summed E-state index contributed by atoms with van der Waals surface area (Å²) in [4.78, 5) is 25.8. The molecular weight excluding hydrogens is 282 g/mol. The van der Waals surface area contributed by atoms with Crippen molar-refractivity contribution in [2.24, 2.45) is 0 Å². The van der Waals surface area contributed by atoms with Crippen LogP contribution in [0, 0.1) is 0 Å². The highest BCUT2D eigenvalue weighted by atomic mass is 16.5. The maximum Gasteiger partial charge on any atom is 0.218 e. The summed E-state index contributed by atoms with van der Waals surface area (Å²) in [5, 5.41) is 1.46. The van der Waals surface area contributed by atoms with Crippen LogP contribution in [0.1, 0.15) is 16.1 Å². The predicted molar refractivity (Wildman–Crippen MR) is 79.3 cm³/mol. The molecule has 0 saturated carbocycles. The van der Waals surface area contributed by atoms with Crippen LogP contribution < -0.4 is 9.47 Å². The largest absolute Gasteiger partial charge is 0.496 e. The van der Waals surface area contributed by atoms with E-state index in [0.29, 0.717) is 39.5 Å². The Kier molecular flexibility index (Phi) is 2.59. The van der Waals surface area contributed by atoms with Gasteiger partial charge < -0.3 is 9.47 Å². The van der Waals surface area contributed by atoms with Crippen molar-refractivity contribution in [3.05, 3.63) is 42.0 Å². The van der Waals surface area contributed by atoms with Crippen molar-refractivity contribution in [3.8, 4) is 22.9 Å². The van der Waals surface area contributed by atoms with Crippen LogP contribution >= 0.6 is 0 Å². The average Bonchev–Trinajstić information content (AvgIpc) is 2.58. The Morgan fingerprint density at radius 3 is 2.36 bits per heavy atom. The van der Waals surface area contributed by atoms with Crippen LogP contribution in [0.4, 0.5) is 0 Å². The van der Waals surface area contributed by atoms with E-state index in [-0.39, 0.29) is 5.78 Å². The molecule has 108 valence electrons. The van der Waals surface area contributed by atoms with Gasteiger partial charge in [0.2, 0.25) is 5.78 Å². The summed E-state index contributed by atoms with van der Waals surface area (Å²) in [6.07, 6.45) is 4.82. The van der Waals surface area contributed by atoms with Crippen LogP contribution in [-0.2, 0) is 0 Å². The van der Waals surface area contributed by atoms with E-state index in [0.717, 1.165) is 5.39 Å². The predicted octanol–water partition coefficient (Wildman–Crippen LogP) is 2.25. The highest BCUT2D eigenvalue weighted by Crippen LogP contribution is 2.41. The van der Waals surface area contributed by atoms with Crippen molar-refractivity contribution >= 4 is 16.6 Å².